The molecule has 0 radical (unpaired) electrons. The van der Waals surface area contributed by atoms with Gasteiger partial charge in [-0.1, -0.05) is 0 Å². The first-order valence-electron chi connectivity index (χ1n) is 6.03. The van der Waals surface area contributed by atoms with E-state index in [9.17, 15) is 9.59 Å². The molecule has 0 fully saturated rings. The van der Waals surface area contributed by atoms with Crippen molar-refractivity contribution in [2.24, 2.45) is 0 Å². The molecular weight excluding hydrogens is 224 g/mol. The number of rotatable bonds is 9. The van der Waals surface area contributed by atoms with Gasteiger partial charge in [-0.2, -0.15) is 0 Å². The fraction of sp³-hybridized carbons (Fsp3) is 0.833. The number of hydrogen-bond donors (Lipinski definition) is 1. The molecule has 0 unspecified atom stereocenters. The van der Waals surface area contributed by atoms with Crippen molar-refractivity contribution in [3.8, 4) is 0 Å². The van der Waals surface area contributed by atoms with E-state index < -0.39 is 0 Å². The second-order valence-electron chi connectivity index (χ2n) is 3.79. The highest BCUT2D eigenvalue weighted by molar-refractivity contribution is 5.69. The maximum atomic E-state index is 11.0. The Bertz CT molecular complexity index is 227. The molecule has 0 aromatic carbocycles. The van der Waals surface area contributed by atoms with Crippen molar-refractivity contribution in [1.82, 2.24) is 0 Å². The molecule has 5 nitrogen and oxygen atoms in total. The number of aliphatic hydroxyl groups is 1. The van der Waals surface area contributed by atoms with E-state index in [1.54, 1.807) is 6.92 Å². The van der Waals surface area contributed by atoms with Crippen molar-refractivity contribution < 1.29 is 24.2 Å². The van der Waals surface area contributed by atoms with Crippen LogP contribution in [-0.2, 0) is 19.1 Å². The molecule has 17 heavy (non-hydrogen) atoms. The van der Waals surface area contributed by atoms with Crippen LogP contribution in [0, 0.1) is 0 Å². The Balaban J connectivity index is 3.66. The molecule has 0 saturated carbocycles. The summed E-state index contributed by atoms with van der Waals surface area (Å²) in [6.45, 7) is 3.52. The Kier molecular flexibility index (Phi) is 9.43. The Labute approximate surface area is 102 Å². The summed E-state index contributed by atoms with van der Waals surface area (Å²) in [6.07, 6.45) is 2.73. The van der Waals surface area contributed by atoms with E-state index in [-0.39, 0.29) is 24.6 Å². The minimum atomic E-state index is -0.339. The predicted octanol–water partition coefficient (Wildman–Crippen LogP) is 1.42. The van der Waals surface area contributed by atoms with Gasteiger partial charge in [-0.3, -0.25) is 9.59 Å². The summed E-state index contributed by atoms with van der Waals surface area (Å²) in [5, 5.41) is 8.80. The van der Waals surface area contributed by atoms with Crippen molar-refractivity contribution >= 4 is 11.9 Å². The summed E-state index contributed by atoms with van der Waals surface area (Å²) < 4.78 is 9.83. The first-order chi connectivity index (χ1) is 8.10. The molecule has 5 heteroatoms. The molecule has 0 saturated heterocycles. The van der Waals surface area contributed by atoms with Crippen LogP contribution < -0.4 is 0 Å². The topological polar surface area (TPSA) is 72.8 Å². The standard InChI is InChI=1S/C12H22O5/c1-3-16-12(15)7-5-4-6-11(8-9-13)17-10(2)14/h11,13H,3-9H2,1-2H3/t11-/m0/s1. The van der Waals surface area contributed by atoms with E-state index in [0.29, 0.717) is 32.3 Å². The van der Waals surface area contributed by atoms with Gasteiger partial charge in [0.25, 0.3) is 0 Å². The third-order valence-corrected chi connectivity index (χ3v) is 2.25. The summed E-state index contributed by atoms with van der Waals surface area (Å²) in [5.74, 6) is -0.535. The highest BCUT2D eigenvalue weighted by Gasteiger charge is 2.11. The van der Waals surface area contributed by atoms with Crippen molar-refractivity contribution in [1.29, 1.82) is 0 Å². The quantitative estimate of drug-likeness (QED) is 0.492. The number of unbranched alkanes of at least 4 members (excludes halogenated alkanes) is 1. The molecule has 0 spiro atoms. The Hall–Kier alpha value is -1.10. The minimum Gasteiger partial charge on any atom is -0.466 e. The van der Waals surface area contributed by atoms with Crippen molar-refractivity contribution in [2.45, 2.75) is 52.1 Å². The molecule has 0 aliphatic heterocycles. The maximum Gasteiger partial charge on any atom is 0.305 e. The highest BCUT2D eigenvalue weighted by atomic mass is 16.5. The zero-order chi connectivity index (χ0) is 13.1. The number of esters is 2. The molecular formula is C12H22O5. The van der Waals surface area contributed by atoms with Crippen LogP contribution in [0.2, 0.25) is 0 Å². The Morgan fingerprint density at radius 2 is 1.94 bits per heavy atom. The lowest BCUT2D eigenvalue weighted by Gasteiger charge is -2.15. The van der Waals surface area contributed by atoms with Crippen LogP contribution in [0.1, 0.15) is 46.0 Å². The number of carbonyl (C=O) groups is 2. The lowest BCUT2D eigenvalue weighted by molar-refractivity contribution is -0.148. The summed E-state index contributed by atoms with van der Waals surface area (Å²) in [7, 11) is 0. The average Bonchev–Trinajstić information content (AvgIpc) is 2.24. The molecule has 100 valence electrons. The van der Waals surface area contributed by atoms with Gasteiger partial charge in [-0.25, -0.2) is 0 Å². The fourth-order valence-electron chi connectivity index (χ4n) is 1.52. The van der Waals surface area contributed by atoms with Gasteiger partial charge in [0.15, 0.2) is 0 Å². The first kappa shape index (κ1) is 15.9. The minimum absolute atomic E-state index is 0.00414. The number of hydrogen-bond acceptors (Lipinski definition) is 5. The van der Waals surface area contributed by atoms with E-state index in [1.807, 2.05) is 0 Å². The predicted molar refractivity (Wildman–Crippen MR) is 62.4 cm³/mol. The van der Waals surface area contributed by atoms with E-state index in [1.165, 1.54) is 6.92 Å². The van der Waals surface area contributed by atoms with Gasteiger partial charge in [-0.05, 0) is 26.2 Å². The van der Waals surface area contributed by atoms with Crippen molar-refractivity contribution in [3.63, 3.8) is 0 Å². The molecule has 0 rings (SSSR count). The average molecular weight is 246 g/mol. The van der Waals surface area contributed by atoms with Crippen LogP contribution in [0.3, 0.4) is 0 Å². The summed E-state index contributed by atoms with van der Waals surface area (Å²) in [5.41, 5.74) is 0. The summed E-state index contributed by atoms with van der Waals surface area (Å²) >= 11 is 0. The van der Waals surface area contributed by atoms with Gasteiger partial charge in [0.05, 0.1) is 6.61 Å². The van der Waals surface area contributed by atoms with Crippen LogP contribution in [0.5, 0.6) is 0 Å². The molecule has 0 amide bonds. The van der Waals surface area contributed by atoms with Crippen molar-refractivity contribution in [2.75, 3.05) is 13.2 Å². The molecule has 1 N–H and O–H groups in total. The summed E-state index contributed by atoms with van der Waals surface area (Å²) in [6, 6.07) is 0. The van der Waals surface area contributed by atoms with Crippen LogP contribution in [0.4, 0.5) is 0 Å². The monoisotopic (exact) mass is 246 g/mol. The molecule has 0 aliphatic rings. The molecule has 0 aromatic heterocycles. The van der Waals surface area contributed by atoms with Crippen LogP contribution in [-0.4, -0.2) is 36.4 Å². The Morgan fingerprint density at radius 3 is 2.47 bits per heavy atom. The third kappa shape index (κ3) is 9.81. The fourth-order valence-corrected chi connectivity index (χ4v) is 1.52. The normalized spacial score (nSPS) is 11.9. The van der Waals surface area contributed by atoms with E-state index in [2.05, 4.69) is 0 Å². The van der Waals surface area contributed by atoms with Gasteiger partial charge in [0.1, 0.15) is 6.10 Å². The second-order valence-corrected chi connectivity index (χ2v) is 3.79. The van der Waals surface area contributed by atoms with E-state index in [0.717, 1.165) is 6.42 Å². The first-order valence-corrected chi connectivity index (χ1v) is 6.03. The zero-order valence-corrected chi connectivity index (χ0v) is 10.6. The lowest BCUT2D eigenvalue weighted by atomic mass is 10.1. The van der Waals surface area contributed by atoms with Crippen LogP contribution in [0.25, 0.3) is 0 Å². The zero-order valence-electron chi connectivity index (χ0n) is 10.6. The van der Waals surface area contributed by atoms with Gasteiger partial charge < -0.3 is 14.6 Å². The SMILES string of the molecule is CCOC(=O)CCCC[C@@H](CCO)OC(C)=O. The van der Waals surface area contributed by atoms with E-state index >= 15 is 0 Å². The van der Waals surface area contributed by atoms with Crippen LogP contribution in [0.15, 0.2) is 0 Å². The van der Waals surface area contributed by atoms with Crippen LogP contribution >= 0.6 is 0 Å². The molecule has 0 aliphatic carbocycles. The van der Waals surface area contributed by atoms with Gasteiger partial charge in [-0.15, -0.1) is 0 Å². The molecule has 0 bridgehead atoms. The third-order valence-electron chi connectivity index (χ3n) is 2.25. The number of carbonyl (C=O) groups excluding carboxylic acids is 2. The van der Waals surface area contributed by atoms with Gasteiger partial charge >= 0.3 is 11.9 Å². The molecule has 0 heterocycles. The van der Waals surface area contributed by atoms with Gasteiger partial charge in [0, 0.05) is 26.4 Å². The van der Waals surface area contributed by atoms with E-state index in [4.69, 9.17) is 14.6 Å². The lowest BCUT2D eigenvalue weighted by Crippen LogP contribution is -2.18. The Morgan fingerprint density at radius 1 is 1.24 bits per heavy atom. The van der Waals surface area contributed by atoms with Crippen molar-refractivity contribution in [3.05, 3.63) is 0 Å². The maximum absolute atomic E-state index is 11.0. The smallest absolute Gasteiger partial charge is 0.305 e. The number of ether oxygens (including phenoxy) is 2. The summed E-state index contributed by atoms with van der Waals surface area (Å²) in [4.78, 5) is 21.8. The second kappa shape index (κ2) is 10.1. The largest absolute Gasteiger partial charge is 0.466 e. The highest BCUT2D eigenvalue weighted by Crippen LogP contribution is 2.10. The molecule has 1 atom stereocenters. The number of aliphatic hydroxyl groups excluding tert-OH is 1. The van der Waals surface area contributed by atoms with Gasteiger partial charge in [0.2, 0.25) is 0 Å². The molecule has 0 aromatic rings.